The van der Waals surface area contributed by atoms with E-state index in [0.717, 1.165) is 41.1 Å². The SMILES string of the molecule is C1=CCC(c2ccc(N(c3ccc4c(c3)C(c3ccccc3)(c3ccccc3)c3ccccc3-4)c3ccc4c5c6sc7ccc(-c8ccccc8)cc7c6cc(C6=C7C=CC=CC7CC=C6)c5n(-c5ccccc5)c4c3)cc2)C=C1. The molecule has 2 heterocycles. The molecule has 0 aliphatic heterocycles. The van der Waals surface area contributed by atoms with Gasteiger partial charge in [-0.05, 0) is 141 Å². The van der Waals surface area contributed by atoms with Crippen molar-refractivity contribution in [3.05, 3.63) is 330 Å². The van der Waals surface area contributed by atoms with Gasteiger partial charge < -0.3 is 9.47 Å². The van der Waals surface area contributed by atoms with Gasteiger partial charge in [0.15, 0.2) is 0 Å². The van der Waals surface area contributed by atoms with Crippen LogP contribution in [-0.4, -0.2) is 4.57 Å². The van der Waals surface area contributed by atoms with E-state index in [0.29, 0.717) is 11.8 Å². The van der Waals surface area contributed by atoms with Crippen molar-refractivity contribution in [2.24, 2.45) is 5.92 Å². The van der Waals surface area contributed by atoms with Gasteiger partial charge in [0.05, 0.1) is 16.4 Å². The summed E-state index contributed by atoms with van der Waals surface area (Å²) in [5, 5.41) is 5.12. The average molecular weight is 1040 g/mol. The number of anilines is 3. The lowest BCUT2D eigenvalue weighted by molar-refractivity contribution is 0.768. The molecule has 0 N–H and O–H groups in total. The molecule has 0 radical (unpaired) electrons. The quantitative estimate of drug-likeness (QED) is 0.140. The first-order chi connectivity index (χ1) is 39.7. The molecule has 12 aromatic rings. The van der Waals surface area contributed by atoms with Crippen molar-refractivity contribution in [1.29, 1.82) is 0 Å². The van der Waals surface area contributed by atoms with Gasteiger partial charge in [0.1, 0.15) is 0 Å². The minimum Gasteiger partial charge on any atom is -0.310 e. The van der Waals surface area contributed by atoms with E-state index in [-0.39, 0.29) is 0 Å². The second-order valence-electron chi connectivity index (χ2n) is 21.8. The molecular formula is C77H54N2S. The predicted octanol–water partition coefficient (Wildman–Crippen LogP) is 20.7. The van der Waals surface area contributed by atoms with Crippen LogP contribution in [0.4, 0.5) is 17.1 Å². The first-order valence-corrected chi connectivity index (χ1v) is 28.9. The Morgan fingerprint density at radius 2 is 1.11 bits per heavy atom. The highest BCUT2D eigenvalue weighted by Gasteiger charge is 2.46. The first kappa shape index (κ1) is 46.5. The van der Waals surface area contributed by atoms with Crippen LogP contribution in [-0.2, 0) is 5.41 Å². The molecule has 10 aromatic carbocycles. The fraction of sp³-hybridized carbons (Fsp3) is 0.0649. The van der Waals surface area contributed by atoms with Crippen LogP contribution < -0.4 is 4.90 Å². The number of rotatable bonds is 9. The number of thiophene rings is 1. The summed E-state index contributed by atoms with van der Waals surface area (Å²) in [5.41, 5.74) is 21.6. The summed E-state index contributed by atoms with van der Waals surface area (Å²) in [6.45, 7) is 0. The van der Waals surface area contributed by atoms with Crippen LogP contribution in [0.5, 0.6) is 0 Å². The lowest BCUT2D eigenvalue weighted by atomic mass is 9.67. The average Bonchev–Trinajstić information content (AvgIpc) is 3.80. The molecule has 16 rings (SSSR count). The molecule has 80 heavy (non-hydrogen) atoms. The van der Waals surface area contributed by atoms with E-state index in [1.807, 2.05) is 11.3 Å². The highest BCUT2D eigenvalue weighted by atomic mass is 32.1. The molecule has 2 unspecified atom stereocenters. The van der Waals surface area contributed by atoms with Crippen LogP contribution in [0.1, 0.15) is 52.1 Å². The van der Waals surface area contributed by atoms with Crippen molar-refractivity contribution in [3.63, 3.8) is 0 Å². The number of hydrogen-bond donors (Lipinski definition) is 0. The lowest BCUT2D eigenvalue weighted by Gasteiger charge is -2.35. The zero-order chi connectivity index (χ0) is 52.7. The summed E-state index contributed by atoms with van der Waals surface area (Å²) >= 11 is 1.92. The van der Waals surface area contributed by atoms with E-state index in [4.69, 9.17) is 0 Å². The Bertz CT molecular complexity index is 4580. The number of fused-ring (bicyclic) bond motifs is 11. The Balaban J connectivity index is 0.985. The lowest BCUT2D eigenvalue weighted by Crippen LogP contribution is -2.28. The number of aromatic nitrogens is 1. The van der Waals surface area contributed by atoms with Crippen molar-refractivity contribution < 1.29 is 0 Å². The Labute approximate surface area is 470 Å². The van der Waals surface area contributed by atoms with Crippen LogP contribution >= 0.6 is 11.3 Å². The summed E-state index contributed by atoms with van der Waals surface area (Å²) in [4.78, 5) is 2.51. The van der Waals surface area contributed by atoms with Gasteiger partial charge in [-0.25, -0.2) is 0 Å². The normalized spacial score (nSPS) is 16.7. The predicted molar refractivity (Wildman–Crippen MR) is 339 cm³/mol. The number of para-hydroxylation sites is 1. The Morgan fingerprint density at radius 1 is 0.450 bits per heavy atom. The minimum atomic E-state index is -0.552. The zero-order valence-electron chi connectivity index (χ0n) is 44.1. The molecule has 0 amide bonds. The van der Waals surface area contributed by atoms with Gasteiger partial charge in [0.25, 0.3) is 0 Å². The summed E-state index contributed by atoms with van der Waals surface area (Å²) in [5.74, 6) is 0.663. The van der Waals surface area contributed by atoms with Gasteiger partial charge in [0.2, 0.25) is 0 Å². The minimum absolute atomic E-state index is 0.323. The zero-order valence-corrected chi connectivity index (χ0v) is 44.9. The summed E-state index contributed by atoms with van der Waals surface area (Å²) in [7, 11) is 0. The van der Waals surface area contributed by atoms with E-state index < -0.39 is 5.41 Å². The van der Waals surface area contributed by atoms with E-state index in [2.05, 4.69) is 301 Å². The first-order valence-electron chi connectivity index (χ1n) is 28.1. The molecular weight excluding hydrogens is 985 g/mol. The molecule has 2 atom stereocenters. The molecule has 0 saturated heterocycles. The molecule has 2 aromatic heterocycles. The fourth-order valence-electron chi connectivity index (χ4n) is 13.9. The van der Waals surface area contributed by atoms with Crippen LogP contribution in [0, 0.1) is 5.92 Å². The molecule has 0 saturated carbocycles. The number of nitrogens with zero attached hydrogens (tertiary/aromatic N) is 2. The maximum atomic E-state index is 2.58. The molecule has 0 spiro atoms. The summed E-state index contributed by atoms with van der Waals surface area (Å²) < 4.78 is 5.18. The van der Waals surface area contributed by atoms with Crippen molar-refractivity contribution in [2.45, 2.75) is 24.2 Å². The van der Waals surface area contributed by atoms with E-state index in [9.17, 15) is 0 Å². The third-order valence-corrected chi connectivity index (χ3v) is 18.7. The molecule has 4 aliphatic rings. The molecule has 0 fully saturated rings. The number of allylic oxidation sites excluding steroid dienone is 12. The van der Waals surface area contributed by atoms with Crippen LogP contribution in [0.25, 0.3) is 75.5 Å². The Hall–Kier alpha value is -9.54. The van der Waals surface area contributed by atoms with E-state index in [1.54, 1.807) is 0 Å². The van der Waals surface area contributed by atoms with Gasteiger partial charge in [-0.15, -0.1) is 11.3 Å². The highest BCUT2D eigenvalue weighted by Crippen LogP contribution is 2.58. The third-order valence-electron chi connectivity index (χ3n) is 17.5. The monoisotopic (exact) mass is 1040 g/mol. The van der Waals surface area contributed by atoms with E-state index >= 15 is 0 Å². The Kier molecular flexibility index (Phi) is 11.0. The van der Waals surface area contributed by atoms with Crippen LogP contribution in [0.2, 0.25) is 0 Å². The second kappa shape index (κ2) is 18.8. The molecule has 4 aliphatic carbocycles. The standard InChI is InChI=1S/C77H54N2S/c1-6-21-51(22-7-1)53-37-40-59(41-38-53)78(60-42-44-65-64-34-18-19-36-70(64)77(71(65)48-60,56-27-10-3-11-28-56)57-29-12-4-13-30-57)61-43-45-66-72(49-61)79(58-31-14-5-15-32-58)75-68(63-35-20-26-54-25-16-17-33-62(54)63)50-69-67-47-55(52-23-8-2-9-24-52)39-46-73(67)80-76(69)74(66)75/h1-21,23-25,27-51,54H,22,26H2. The molecule has 3 heteroatoms. The number of benzene rings is 10. The molecule has 0 bridgehead atoms. The summed E-state index contributed by atoms with van der Waals surface area (Å²) in [6.07, 6.45) is 24.9. The smallest absolute Gasteiger partial charge is 0.0714 e. The largest absolute Gasteiger partial charge is 0.310 e. The second-order valence-corrected chi connectivity index (χ2v) is 22.8. The maximum absolute atomic E-state index is 2.58. The molecule has 378 valence electrons. The third kappa shape index (κ3) is 7.24. The van der Waals surface area contributed by atoms with Gasteiger partial charge in [0, 0.05) is 71.1 Å². The van der Waals surface area contributed by atoms with Gasteiger partial charge in [-0.1, -0.05) is 225 Å². The van der Waals surface area contributed by atoms with Gasteiger partial charge >= 0.3 is 0 Å². The Morgan fingerprint density at radius 3 is 1.89 bits per heavy atom. The van der Waals surface area contributed by atoms with Gasteiger partial charge in [-0.2, -0.15) is 0 Å². The number of hydrogen-bond acceptors (Lipinski definition) is 2. The van der Waals surface area contributed by atoms with Crippen LogP contribution in [0.3, 0.4) is 0 Å². The molecule has 2 nitrogen and oxygen atoms in total. The fourth-order valence-corrected chi connectivity index (χ4v) is 15.1. The van der Waals surface area contributed by atoms with Gasteiger partial charge in [-0.3, -0.25) is 0 Å². The van der Waals surface area contributed by atoms with E-state index in [1.165, 1.54) is 103 Å². The maximum Gasteiger partial charge on any atom is 0.0714 e. The van der Waals surface area contributed by atoms with Crippen molar-refractivity contribution in [1.82, 2.24) is 4.57 Å². The van der Waals surface area contributed by atoms with Crippen molar-refractivity contribution in [3.8, 4) is 27.9 Å². The topological polar surface area (TPSA) is 8.17 Å². The summed E-state index contributed by atoms with van der Waals surface area (Å²) in [6, 6.07) is 86.8. The van der Waals surface area contributed by atoms with Crippen molar-refractivity contribution in [2.75, 3.05) is 4.90 Å². The van der Waals surface area contributed by atoms with Crippen LogP contribution in [0.15, 0.2) is 297 Å². The van der Waals surface area contributed by atoms with Crippen molar-refractivity contribution >= 4 is 76.0 Å². The highest BCUT2D eigenvalue weighted by molar-refractivity contribution is 7.26.